The van der Waals surface area contributed by atoms with E-state index < -0.39 is 5.97 Å². The predicted octanol–water partition coefficient (Wildman–Crippen LogP) is 2.26. The number of carbonyl (C=O) groups is 2. The minimum absolute atomic E-state index is 0.00979. The fourth-order valence-corrected chi connectivity index (χ4v) is 2.03. The standard InChI is InChI=1S/C17H24N2O5S/c1-12(2)24-14-6-4-5-13(11-14)18-17(25)19-15(20)7-8-16(21)23-10-9-22-3/h4-6,11-12H,7-10H2,1-3H3,(H2,18,19,20,25). The van der Waals surface area contributed by atoms with Gasteiger partial charge in [-0.1, -0.05) is 6.07 Å². The molecule has 1 aromatic rings. The van der Waals surface area contributed by atoms with Gasteiger partial charge in [-0.3, -0.25) is 9.59 Å². The Kier molecular flexibility index (Phi) is 9.49. The molecular weight excluding hydrogens is 344 g/mol. The Morgan fingerprint density at radius 2 is 1.96 bits per heavy atom. The van der Waals surface area contributed by atoms with Gasteiger partial charge in [0.2, 0.25) is 5.91 Å². The Labute approximate surface area is 153 Å². The van der Waals surface area contributed by atoms with Gasteiger partial charge in [0, 0.05) is 25.3 Å². The molecule has 1 aromatic carbocycles. The summed E-state index contributed by atoms with van der Waals surface area (Å²) in [5.74, 6) is -0.117. The zero-order valence-electron chi connectivity index (χ0n) is 14.7. The van der Waals surface area contributed by atoms with Gasteiger partial charge in [-0.2, -0.15) is 0 Å². The Morgan fingerprint density at radius 3 is 2.64 bits per heavy atom. The van der Waals surface area contributed by atoms with E-state index in [4.69, 9.17) is 26.4 Å². The minimum Gasteiger partial charge on any atom is -0.491 e. The number of hydrogen-bond donors (Lipinski definition) is 2. The molecule has 0 heterocycles. The topological polar surface area (TPSA) is 85.9 Å². The van der Waals surface area contributed by atoms with E-state index in [2.05, 4.69) is 10.6 Å². The van der Waals surface area contributed by atoms with E-state index in [-0.39, 0.29) is 36.6 Å². The Bertz CT molecular complexity index is 592. The third-order valence-corrected chi connectivity index (χ3v) is 3.03. The Balaban J connectivity index is 2.36. The molecule has 0 spiro atoms. The molecule has 25 heavy (non-hydrogen) atoms. The normalized spacial score (nSPS) is 10.2. The van der Waals surface area contributed by atoms with Gasteiger partial charge in [0.05, 0.1) is 19.1 Å². The summed E-state index contributed by atoms with van der Waals surface area (Å²) < 4.78 is 15.2. The Hall–Kier alpha value is -2.19. The summed E-state index contributed by atoms with van der Waals surface area (Å²) in [5.41, 5.74) is 0.697. The number of hydrogen-bond acceptors (Lipinski definition) is 6. The van der Waals surface area contributed by atoms with Crippen LogP contribution in [0, 0.1) is 0 Å². The number of nitrogens with one attached hydrogen (secondary N) is 2. The van der Waals surface area contributed by atoms with Crippen LogP contribution in [-0.2, 0) is 19.1 Å². The number of ether oxygens (including phenoxy) is 3. The molecule has 138 valence electrons. The first kappa shape index (κ1) is 20.9. The SMILES string of the molecule is COCCOC(=O)CCC(=O)NC(=S)Nc1cccc(OC(C)C)c1. The summed E-state index contributed by atoms with van der Waals surface area (Å²) in [6.07, 6.45) is 0.0329. The number of thiocarbonyl (C=S) groups is 1. The second kappa shape index (κ2) is 11.4. The predicted molar refractivity (Wildman–Crippen MR) is 98.6 cm³/mol. The van der Waals surface area contributed by atoms with Gasteiger partial charge >= 0.3 is 5.97 Å². The highest BCUT2D eigenvalue weighted by molar-refractivity contribution is 7.80. The zero-order chi connectivity index (χ0) is 18.7. The van der Waals surface area contributed by atoms with Crippen molar-refractivity contribution in [1.29, 1.82) is 0 Å². The molecule has 0 aliphatic rings. The first-order valence-corrected chi connectivity index (χ1v) is 8.33. The van der Waals surface area contributed by atoms with Crippen molar-refractivity contribution >= 4 is 34.9 Å². The summed E-state index contributed by atoms with van der Waals surface area (Å²) in [7, 11) is 1.51. The molecule has 1 amide bonds. The van der Waals surface area contributed by atoms with Crippen molar-refractivity contribution in [2.75, 3.05) is 25.6 Å². The van der Waals surface area contributed by atoms with E-state index >= 15 is 0 Å². The van der Waals surface area contributed by atoms with E-state index in [9.17, 15) is 9.59 Å². The quantitative estimate of drug-likeness (QED) is 0.393. The summed E-state index contributed by atoms with van der Waals surface area (Å²) in [6, 6.07) is 7.24. The van der Waals surface area contributed by atoms with Crippen LogP contribution >= 0.6 is 12.2 Å². The number of esters is 1. The van der Waals surface area contributed by atoms with Crippen LogP contribution in [0.3, 0.4) is 0 Å². The lowest BCUT2D eigenvalue weighted by atomic mass is 10.3. The number of methoxy groups -OCH3 is 1. The fraction of sp³-hybridized carbons (Fsp3) is 0.471. The molecule has 0 unspecified atom stereocenters. The van der Waals surface area contributed by atoms with Gasteiger partial charge in [0.1, 0.15) is 12.4 Å². The van der Waals surface area contributed by atoms with Crippen LogP contribution in [0.1, 0.15) is 26.7 Å². The van der Waals surface area contributed by atoms with Crippen molar-refractivity contribution in [3.63, 3.8) is 0 Å². The highest BCUT2D eigenvalue weighted by Gasteiger charge is 2.10. The molecule has 0 radical (unpaired) electrons. The van der Waals surface area contributed by atoms with E-state index in [1.165, 1.54) is 7.11 Å². The van der Waals surface area contributed by atoms with Crippen molar-refractivity contribution in [2.24, 2.45) is 0 Å². The molecule has 1 rings (SSSR count). The molecule has 0 bridgehead atoms. The molecule has 0 aliphatic heterocycles. The van der Waals surface area contributed by atoms with Crippen molar-refractivity contribution in [2.45, 2.75) is 32.8 Å². The summed E-state index contributed by atoms with van der Waals surface area (Å²) in [4.78, 5) is 23.2. The average molecular weight is 368 g/mol. The average Bonchev–Trinajstić information content (AvgIpc) is 2.52. The maximum absolute atomic E-state index is 11.8. The lowest BCUT2D eigenvalue weighted by Crippen LogP contribution is -2.34. The van der Waals surface area contributed by atoms with Gasteiger partial charge in [0.25, 0.3) is 0 Å². The molecular formula is C17H24N2O5S. The summed E-state index contributed by atoms with van der Waals surface area (Å²) >= 11 is 5.09. The third-order valence-electron chi connectivity index (χ3n) is 2.82. The van der Waals surface area contributed by atoms with Gasteiger partial charge in [-0.15, -0.1) is 0 Å². The second-order valence-corrected chi connectivity index (χ2v) is 5.82. The molecule has 7 nitrogen and oxygen atoms in total. The molecule has 0 aliphatic carbocycles. The van der Waals surface area contributed by atoms with Crippen LogP contribution < -0.4 is 15.4 Å². The molecule has 8 heteroatoms. The number of amides is 1. The zero-order valence-corrected chi connectivity index (χ0v) is 15.5. The van der Waals surface area contributed by atoms with Crippen molar-refractivity contribution < 1.29 is 23.8 Å². The van der Waals surface area contributed by atoms with Crippen LogP contribution in [0.4, 0.5) is 5.69 Å². The molecule has 0 saturated heterocycles. The number of benzene rings is 1. The second-order valence-electron chi connectivity index (χ2n) is 5.41. The molecule has 2 N–H and O–H groups in total. The van der Waals surface area contributed by atoms with Gasteiger partial charge in [-0.05, 0) is 38.2 Å². The molecule has 0 fully saturated rings. The first-order chi connectivity index (χ1) is 11.9. The molecule has 0 aromatic heterocycles. The van der Waals surface area contributed by atoms with E-state index in [0.717, 1.165) is 0 Å². The van der Waals surface area contributed by atoms with Crippen LogP contribution in [0.25, 0.3) is 0 Å². The van der Waals surface area contributed by atoms with Crippen molar-refractivity contribution in [3.8, 4) is 5.75 Å². The van der Waals surface area contributed by atoms with E-state index in [1.807, 2.05) is 26.0 Å². The lowest BCUT2D eigenvalue weighted by Gasteiger charge is -2.13. The van der Waals surface area contributed by atoms with Gasteiger partial charge in [-0.25, -0.2) is 0 Å². The lowest BCUT2D eigenvalue weighted by molar-refractivity contribution is -0.146. The van der Waals surface area contributed by atoms with E-state index in [0.29, 0.717) is 18.0 Å². The highest BCUT2D eigenvalue weighted by atomic mass is 32.1. The van der Waals surface area contributed by atoms with Gasteiger partial charge in [0.15, 0.2) is 5.11 Å². The number of carbonyl (C=O) groups excluding carboxylic acids is 2. The molecule has 0 saturated carbocycles. The first-order valence-electron chi connectivity index (χ1n) is 7.93. The largest absolute Gasteiger partial charge is 0.491 e. The summed E-state index contributed by atoms with van der Waals surface area (Å²) in [6.45, 7) is 4.37. The van der Waals surface area contributed by atoms with E-state index in [1.54, 1.807) is 12.1 Å². The molecule has 0 atom stereocenters. The monoisotopic (exact) mass is 368 g/mol. The maximum atomic E-state index is 11.8. The third kappa shape index (κ3) is 9.63. The van der Waals surface area contributed by atoms with Gasteiger partial charge < -0.3 is 24.8 Å². The number of anilines is 1. The highest BCUT2D eigenvalue weighted by Crippen LogP contribution is 2.18. The van der Waals surface area contributed by atoms with Crippen LogP contribution in [0.2, 0.25) is 0 Å². The number of rotatable bonds is 9. The van der Waals surface area contributed by atoms with Crippen LogP contribution in [-0.4, -0.2) is 43.4 Å². The van der Waals surface area contributed by atoms with Crippen LogP contribution in [0.5, 0.6) is 5.75 Å². The maximum Gasteiger partial charge on any atom is 0.306 e. The Morgan fingerprint density at radius 1 is 1.20 bits per heavy atom. The van der Waals surface area contributed by atoms with Crippen LogP contribution in [0.15, 0.2) is 24.3 Å². The smallest absolute Gasteiger partial charge is 0.306 e. The van der Waals surface area contributed by atoms with Crippen molar-refractivity contribution in [1.82, 2.24) is 5.32 Å². The summed E-state index contributed by atoms with van der Waals surface area (Å²) in [5, 5.41) is 5.57. The fourth-order valence-electron chi connectivity index (χ4n) is 1.80. The minimum atomic E-state index is -0.454. The van der Waals surface area contributed by atoms with Crippen molar-refractivity contribution in [3.05, 3.63) is 24.3 Å².